The second-order valence-corrected chi connectivity index (χ2v) is 7.47. The Labute approximate surface area is 143 Å². The first kappa shape index (κ1) is 15.3. The van der Waals surface area contributed by atoms with Crippen molar-refractivity contribution in [1.82, 2.24) is 5.32 Å². The van der Waals surface area contributed by atoms with Crippen LogP contribution in [0.1, 0.15) is 29.6 Å². The van der Waals surface area contributed by atoms with Crippen LogP contribution < -0.4 is 5.32 Å². The average molecular weight is 339 g/mol. The van der Waals surface area contributed by atoms with Crippen LogP contribution in [0, 0.1) is 5.92 Å². The largest absolute Gasteiger partial charge is 0.478 e. The van der Waals surface area contributed by atoms with Crippen LogP contribution in [-0.2, 0) is 4.79 Å². The number of amides is 1. The molecule has 1 amide bonds. The van der Waals surface area contributed by atoms with Crippen LogP contribution in [0.3, 0.4) is 0 Å². The minimum Gasteiger partial charge on any atom is -0.478 e. The van der Waals surface area contributed by atoms with Crippen LogP contribution in [0.4, 0.5) is 0 Å². The second-order valence-electron chi connectivity index (χ2n) is 6.22. The van der Waals surface area contributed by atoms with Gasteiger partial charge in [0.1, 0.15) is 0 Å². The van der Waals surface area contributed by atoms with Crippen LogP contribution in [0.25, 0.3) is 10.8 Å². The monoisotopic (exact) mass is 339 g/mol. The molecule has 4 nitrogen and oxygen atoms in total. The van der Waals surface area contributed by atoms with Gasteiger partial charge in [-0.3, -0.25) is 4.79 Å². The minimum atomic E-state index is -0.912. The summed E-state index contributed by atoms with van der Waals surface area (Å²) in [6.45, 7) is 0. The molecule has 2 aromatic carbocycles. The maximum absolute atomic E-state index is 12.8. The fraction of sp³-hybridized carbons (Fsp3) is 0.263. The third-order valence-corrected chi connectivity index (χ3v) is 6.25. The lowest BCUT2D eigenvalue weighted by Crippen LogP contribution is -2.23. The summed E-state index contributed by atoms with van der Waals surface area (Å²) in [5.74, 6) is -1.09. The van der Waals surface area contributed by atoms with Gasteiger partial charge in [0.2, 0.25) is 0 Å². The van der Waals surface area contributed by atoms with Crippen molar-refractivity contribution in [3.05, 3.63) is 58.6 Å². The molecule has 122 valence electrons. The molecule has 1 heterocycles. The van der Waals surface area contributed by atoms with Gasteiger partial charge in [-0.25, -0.2) is 4.79 Å². The molecule has 2 aromatic rings. The number of carbonyl (C=O) groups excluding carboxylic acids is 1. The van der Waals surface area contributed by atoms with Gasteiger partial charge in [-0.15, -0.1) is 11.8 Å². The van der Waals surface area contributed by atoms with E-state index in [-0.39, 0.29) is 11.8 Å². The van der Waals surface area contributed by atoms with Crippen molar-refractivity contribution in [1.29, 1.82) is 0 Å². The highest BCUT2D eigenvalue weighted by atomic mass is 32.2. The molecule has 2 unspecified atom stereocenters. The van der Waals surface area contributed by atoms with Gasteiger partial charge < -0.3 is 10.4 Å². The summed E-state index contributed by atoms with van der Waals surface area (Å²) in [6.07, 6.45) is 2.97. The number of carboxylic acid groups (broad SMARTS) is 1. The van der Waals surface area contributed by atoms with Crippen molar-refractivity contribution in [2.24, 2.45) is 5.92 Å². The van der Waals surface area contributed by atoms with Crippen LogP contribution in [0.5, 0.6) is 0 Å². The molecule has 0 saturated heterocycles. The third kappa shape index (κ3) is 2.49. The summed E-state index contributed by atoms with van der Waals surface area (Å²) < 4.78 is 0. The van der Waals surface area contributed by atoms with E-state index in [1.165, 1.54) is 11.8 Å². The van der Waals surface area contributed by atoms with E-state index in [0.29, 0.717) is 21.4 Å². The number of fused-ring (bicyclic) bond motifs is 2. The van der Waals surface area contributed by atoms with E-state index in [1.807, 2.05) is 36.4 Å². The van der Waals surface area contributed by atoms with Gasteiger partial charge in [0, 0.05) is 16.7 Å². The highest BCUT2D eigenvalue weighted by Crippen LogP contribution is 2.49. The van der Waals surface area contributed by atoms with Crippen LogP contribution in [0.15, 0.2) is 53.1 Å². The number of nitrogens with one attached hydrogen (secondary N) is 1. The molecule has 2 N–H and O–H groups in total. The van der Waals surface area contributed by atoms with Crippen molar-refractivity contribution < 1.29 is 14.7 Å². The van der Waals surface area contributed by atoms with Crippen molar-refractivity contribution in [2.45, 2.75) is 24.5 Å². The Balaban J connectivity index is 1.68. The maximum atomic E-state index is 12.8. The zero-order chi connectivity index (χ0) is 16.7. The summed E-state index contributed by atoms with van der Waals surface area (Å²) in [5, 5.41) is 15.1. The topological polar surface area (TPSA) is 66.4 Å². The lowest BCUT2D eigenvalue weighted by Gasteiger charge is -2.10. The molecule has 1 fully saturated rings. The van der Waals surface area contributed by atoms with Crippen LogP contribution in [0.2, 0.25) is 0 Å². The molecule has 1 saturated carbocycles. The SMILES string of the molecule is O=C(O)C1=C(NC(=O)c2cccc3ccccc23)SC2CCCC12. The van der Waals surface area contributed by atoms with Gasteiger partial charge in [-0.1, -0.05) is 42.8 Å². The molecule has 4 rings (SSSR count). The molecule has 0 radical (unpaired) electrons. The fourth-order valence-corrected chi connectivity index (χ4v) is 5.27. The molecule has 2 aliphatic rings. The molecule has 1 aliphatic carbocycles. The number of hydrogen-bond donors (Lipinski definition) is 2. The van der Waals surface area contributed by atoms with E-state index in [4.69, 9.17) is 0 Å². The van der Waals surface area contributed by atoms with Gasteiger partial charge in [0.05, 0.1) is 10.6 Å². The van der Waals surface area contributed by atoms with Crippen molar-refractivity contribution in [3.8, 4) is 0 Å². The lowest BCUT2D eigenvalue weighted by atomic mass is 9.98. The maximum Gasteiger partial charge on any atom is 0.334 e. The number of aliphatic carboxylic acids is 1. The molecular weight excluding hydrogens is 322 g/mol. The lowest BCUT2D eigenvalue weighted by molar-refractivity contribution is -0.133. The molecule has 2 atom stereocenters. The highest BCUT2D eigenvalue weighted by molar-refractivity contribution is 8.04. The Morgan fingerprint density at radius 1 is 1.08 bits per heavy atom. The van der Waals surface area contributed by atoms with E-state index in [1.54, 1.807) is 6.07 Å². The number of thioether (sulfide) groups is 1. The normalized spacial score (nSPS) is 22.7. The number of benzene rings is 2. The molecular formula is C19H17NO3S. The van der Waals surface area contributed by atoms with Crippen LogP contribution >= 0.6 is 11.8 Å². The summed E-state index contributed by atoms with van der Waals surface area (Å²) in [7, 11) is 0. The van der Waals surface area contributed by atoms with Crippen molar-refractivity contribution in [3.63, 3.8) is 0 Å². The number of rotatable bonds is 3. The van der Waals surface area contributed by atoms with E-state index in [2.05, 4.69) is 5.32 Å². The third-order valence-electron chi connectivity index (χ3n) is 4.83. The minimum absolute atomic E-state index is 0.0651. The second kappa shape index (κ2) is 5.98. The standard InChI is InChI=1S/C19H17NO3S/c21-17(13-8-3-6-11-5-1-2-7-12(11)13)20-18-16(19(22)23)14-9-4-10-15(14)24-18/h1-3,5-8,14-15H,4,9-10H2,(H,20,21)(H,22,23). The number of carbonyl (C=O) groups is 2. The molecule has 5 heteroatoms. The molecule has 0 aromatic heterocycles. The quantitative estimate of drug-likeness (QED) is 0.893. The first-order valence-corrected chi connectivity index (χ1v) is 8.96. The van der Waals surface area contributed by atoms with Gasteiger partial charge in [0.25, 0.3) is 5.91 Å². The first-order chi connectivity index (χ1) is 11.6. The zero-order valence-electron chi connectivity index (χ0n) is 13.0. The fourth-order valence-electron chi connectivity index (χ4n) is 3.73. The van der Waals surface area contributed by atoms with Gasteiger partial charge in [-0.2, -0.15) is 0 Å². The summed E-state index contributed by atoms with van der Waals surface area (Å²) in [6, 6.07) is 13.3. The Hall–Kier alpha value is -2.27. The highest BCUT2D eigenvalue weighted by Gasteiger charge is 2.42. The van der Waals surface area contributed by atoms with Gasteiger partial charge in [-0.05, 0) is 29.7 Å². The Kier molecular flexibility index (Phi) is 3.81. The average Bonchev–Trinajstić information content (AvgIpc) is 3.14. The predicted molar refractivity (Wildman–Crippen MR) is 94.8 cm³/mol. The van der Waals surface area contributed by atoms with Gasteiger partial charge >= 0.3 is 5.97 Å². The van der Waals surface area contributed by atoms with E-state index >= 15 is 0 Å². The number of carboxylic acids is 1. The zero-order valence-corrected chi connectivity index (χ0v) is 13.8. The Morgan fingerprint density at radius 3 is 2.71 bits per heavy atom. The first-order valence-electron chi connectivity index (χ1n) is 8.08. The van der Waals surface area contributed by atoms with E-state index < -0.39 is 5.97 Å². The Bertz CT molecular complexity index is 869. The van der Waals surface area contributed by atoms with E-state index in [9.17, 15) is 14.7 Å². The molecule has 1 aliphatic heterocycles. The molecule has 0 bridgehead atoms. The van der Waals surface area contributed by atoms with Crippen LogP contribution in [-0.4, -0.2) is 22.2 Å². The smallest absolute Gasteiger partial charge is 0.334 e. The summed E-state index contributed by atoms with van der Waals surface area (Å²) >= 11 is 1.51. The molecule has 24 heavy (non-hydrogen) atoms. The Morgan fingerprint density at radius 2 is 1.88 bits per heavy atom. The van der Waals surface area contributed by atoms with Gasteiger partial charge in [0.15, 0.2) is 0 Å². The summed E-state index contributed by atoms with van der Waals surface area (Å²) in [5.41, 5.74) is 0.957. The van der Waals surface area contributed by atoms with Crippen molar-refractivity contribution in [2.75, 3.05) is 0 Å². The summed E-state index contributed by atoms with van der Waals surface area (Å²) in [4.78, 5) is 24.4. The molecule has 0 spiro atoms. The predicted octanol–water partition coefficient (Wildman–Crippen LogP) is 3.78. The number of hydrogen-bond acceptors (Lipinski definition) is 3. The van der Waals surface area contributed by atoms with Crippen molar-refractivity contribution >= 4 is 34.4 Å². The van der Waals surface area contributed by atoms with E-state index in [0.717, 1.165) is 30.0 Å².